The number of ether oxygens (including phenoxy) is 1. The van der Waals surface area contributed by atoms with E-state index in [1.54, 1.807) is 12.1 Å². The molecule has 1 amide bonds. The second-order valence-corrected chi connectivity index (χ2v) is 5.40. The highest BCUT2D eigenvalue weighted by Crippen LogP contribution is 2.19. The summed E-state index contributed by atoms with van der Waals surface area (Å²) in [5, 5.41) is 12.0. The Labute approximate surface area is 117 Å². The zero-order valence-corrected chi connectivity index (χ0v) is 11.5. The summed E-state index contributed by atoms with van der Waals surface area (Å²) in [5.74, 6) is -1.07. The second kappa shape index (κ2) is 6.05. The smallest absolute Gasteiger partial charge is 0.335 e. The Morgan fingerprint density at radius 3 is 2.70 bits per heavy atom. The molecule has 108 valence electrons. The molecule has 1 aliphatic rings. The molecule has 0 unspecified atom stereocenters. The quantitative estimate of drug-likeness (QED) is 0.876. The van der Waals surface area contributed by atoms with Gasteiger partial charge in [0.25, 0.3) is 0 Å². The van der Waals surface area contributed by atoms with Gasteiger partial charge < -0.3 is 15.2 Å². The molecule has 2 N–H and O–H groups in total. The van der Waals surface area contributed by atoms with Gasteiger partial charge in [0.05, 0.1) is 12.0 Å². The van der Waals surface area contributed by atoms with Gasteiger partial charge in [0.2, 0.25) is 5.91 Å². The van der Waals surface area contributed by atoms with Crippen molar-refractivity contribution in [3.8, 4) is 0 Å². The number of carbonyl (C=O) groups excluding carboxylic acids is 1. The molecule has 1 aromatic carbocycles. The van der Waals surface area contributed by atoms with Crippen LogP contribution >= 0.6 is 0 Å². The highest BCUT2D eigenvalue weighted by Gasteiger charge is 2.28. The van der Waals surface area contributed by atoms with Gasteiger partial charge in [-0.15, -0.1) is 0 Å². The lowest BCUT2D eigenvalue weighted by atomic mass is 9.92. The Bertz CT molecular complexity index is 506. The summed E-state index contributed by atoms with van der Waals surface area (Å²) in [6.45, 7) is 3.33. The van der Waals surface area contributed by atoms with Gasteiger partial charge >= 0.3 is 5.97 Å². The molecule has 0 saturated carbocycles. The summed E-state index contributed by atoms with van der Waals surface area (Å²) in [6.07, 6.45) is 1.79. The molecule has 1 saturated heterocycles. The molecule has 0 atom stereocenters. The van der Waals surface area contributed by atoms with E-state index in [2.05, 4.69) is 5.32 Å². The number of aromatic carboxylic acids is 1. The average molecular weight is 277 g/mol. The lowest BCUT2D eigenvalue weighted by Gasteiger charge is -2.34. The largest absolute Gasteiger partial charge is 0.478 e. The molecular formula is C15H19NO4. The first-order chi connectivity index (χ1) is 9.48. The average Bonchev–Trinajstić information content (AvgIpc) is 2.39. The maximum atomic E-state index is 12.1. The number of hydrogen-bond donors (Lipinski definition) is 2. The third-order valence-corrected chi connectivity index (χ3v) is 3.58. The van der Waals surface area contributed by atoms with Crippen molar-refractivity contribution in [3.63, 3.8) is 0 Å². The van der Waals surface area contributed by atoms with Crippen molar-refractivity contribution in [2.24, 2.45) is 0 Å². The van der Waals surface area contributed by atoms with E-state index in [0.29, 0.717) is 18.8 Å². The van der Waals surface area contributed by atoms with Crippen LogP contribution in [0.15, 0.2) is 24.3 Å². The molecule has 0 radical (unpaired) electrons. The minimum absolute atomic E-state index is 0.0862. The molecule has 0 aliphatic carbocycles. The fourth-order valence-corrected chi connectivity index (χ4v) is 2.33. The van der Waals surface area contributed by atoms with Crippen molar-refractivity contribution in [2.45, 2.75) is 31.7 Å². The van der Waals surface area contributed by atoms with Crippen molar-refractivity contribution in [1.29, 1.82) is 0 Å². The Kier molecular flexibility index (Phi) is 4.39. The van der Waals surface area contributed by atoms with Crippen LogP contribution in [0.1, 0.15) is 35.7 Å². The molecule has 5 nitrogen and oxygen atoms in total. The van der Waals surface area contributed by atoms with Gasteiger partial charge in [-0.3, -0.25) is 4.79 Å². The highest BCUT2D eigenvalue weighted by atomic mass is 16.5. The van der Waals surface area contributed by atoms with E-state index in [9.17, 15) is 9.59 Å². The monoisotopic (exact) mass is 277 g/mol. The first-order valence-electron chi connectivity index (χ1n) is 6.69. The zero-order chi connectivity index (χ0) is 14.6. The van der Waals surface area contributed by atoms with Crippen LogP contribution in [0.5, 0.6) is 0 Å². The Morgan fingerprint density at radius 1 is 1.35 bits per heavy atom. The fourth-order valence-electron chi connectivity index (χ4n) is 2.33. The number of carbonyl (C=O) groups is 2. The minimum atomic E-state index is -0.983. The zero-order valence-electron chi connectivity index (χ0n) is 11.5. The topological polar surface area (TPSA) is 75.6 Å². The number of carboxylic acids is 1. The number of nitrogens with one attached hydrogen (secondary N) is 1. The Balaban J connectivity index is 1.97. The van der Waals surface area contributed by atoms with E-state index in [-0.39, 0.29) is 23.4 Å². The van der Waals surface area contributed by atoms with Gasteiger partial charge in [-0.05, 0) is 37.5 Å². The number of benzene rings is 1. The van der Waals surface area contributed by atoms with Crippen molar-refractivity contribution in [1.82, 2.24) is 5.32 Å². The maximum Gasteiger partial charge on any atom is 0.335 e. The Morgan fingerprint density at radius 2 is 2.05 bits per heavy atom. The molecular weight excluding hydrogens is 258 g/mol. The lowest BCUT2D eigenvalue weighted by Crippen LogP contribution is -2.50. The van der Waals surface area contributed by atoms with Gasteiger partial charge in [0, 0.05) is 18.8 Å². The second-order valence-electron chi connectivity index (χ2n) is 5.40. The normalized spacial score (nSPS) is 17.4. The van der Waals surface area contributed by atoms with Crippen LogP contribution in [-0.2, 0) is 16.0 Å². The molecule has 0 spiro atoms. The van der Waals surface area contributed by atoms with Gasteiger partial charge in [-0.2, -0.15) is 0 Å². The van der Waals surface area contributed by atoms with Gasteiger partial charge in [-0.1, -0.05) is 12.1 Å². The SMILES string of the molecule is CC1(NC(=O)Cc2cccc(C(=O)O)c2)CCOCC1. The van der Waals surface area contributed by atoms with E-state index in [1.807, 2.05) is 6.92 Å². The third-order valence-electron chi connectivity index (χ3n) is 3.58. The molecule has 0 bridgehead atoms. The predicted octanol–water partition coefficient (Wildman–Crippen LogP) is 1.61. The fraction of sp³-hybridized carbons (Fsp3) is 0.467. The van der Waals surface area contributed by atoms with Crippen molar-refractivity contribution in [2.75, 3.05) is 13.2 Å². The number of carboxylic acid groups (broad SMARTS) is 1. The van der Waals surface area contributed by atoms with Crippen molar-refractivity contribution < 1.29 is 19.4 Å². The molecule has 20 heavy (non-hydrogen) atoms. The first kappa shape index (κ1) is 14.5. The molecule has 0 aromatic heterocycles. The molecule has 1 aromatic rings. The summed E-state index contributed by atoms with van der Waals surface area (Å²) >= 11 is 0. The van der Waals surface area contributed by atoms with Crippen molar-refractivity contribution >= 4 is 11.9 Å². The summed E-state index contributed by atoms with van der Waals surface area (Å²) in [6, 6.07) is 6.47. The predicted molar refractivity (Wildman–Crippen MR) is 73.7 cm³/mol. The first-order valence-corrected chi connectivity index (χ1v) is 6.69. The highest BCUT2D eigenvalue weighted by molar-refractivity contribution is 5.88. The number of amides is 1. The van der Waals surface area contributed by atoms with Crippen LogP contribution in [0.2, 0.25) is 0 Å². The van der Waals surface area contributed by atoms with Gasteiger partial charge in [0.15, 0.2) is 0 Å². The summed E-state index contributed by atoms with van der Waals surface area (Å²) in [7, 11) is 0. The maximum absolute atomic E-state index is 12.1. The standard InChI is InChI=1S/C15H19NO4/c1-15(5-7-20-8-6-15)16-13(17)10-11-3-2-4-12(9-11)14(18)19/h2-4,9H,5-8,10H2,1H3,(H,16,17)(H,18,19). The van der Waals surface area contributed by atoms with Crippen LogP contribution < -0.4 is 5.32 Å². The lowest BCUT2D eigenvalue weighted by molar-refractivity contribution is -0.123. The minimum Gasteiger partial charge on any atom is -0.478 e. The van der Waals surface area contributed by atoms with E-state index >= 15 is 0 Å². The van der Waals surface area contributed by atoms with E-state index in [4.69, 9.17) is 9.84 Å². The van der Waals surface area contributed by atoms with Gasteiger partial charge in [-0.25, -0.2) is 4.79 Å². The summed E-state index contributed by atoms with van der Waals surface area (Å²) < 4.78 is 5.29. The molecule has 1 aliphatic heterocycles. The van der Waals surface area contributed by atoms with Gasteiger partial charge in [0.1, 0.15) is 0 Å². The number of rotatable bonds is 4. The number of hydrogen-bond acceptors (Lipinski definition) is 3. The summed E-state index contributed by atoms with van der Waals surface area (Å²) in [5.41, 5.74) is 0.686. The van der Waals surface area contributed by atoms with Crippen LogP contribution in [-0.4, -0.2) is 35.7 Å². The molecule has 1 heterocycles. The Hall–Kier alpha value is -1.88. The van der Waals surface area contributed by atoms with E-state index in [1.165, 1.54) is 12.1 Å². The van der Waals surface area contributed by atoms with Crippen molar-refractivity contribution in [3.05, 3.63) is 35.4 Å². The van der Waals surface area contributed by atoms with Crippen LogP contribution in [0.4, 0.5) is 0 Å². The van der Waals surface area contributed by atoms with E-state index < -0.39 is 5.97 Å². The molecule has 1 fully saturated rings. The van der Waals surface area contributed by atoms with E-state index in [0.717, 1.165) is 12.8 Å². The molecule has 5 heteroatoms. The van der Waals surface area contributed by atoms with Crippen LogP contribution in [0, 0.1) is 0 Å². The van der Waals surface area contributed by atoms with Crippen LogP contribution in [0.25, 0.3) is 0 Å². The van der Waals surface area contributed by atoms with Crippen LogP contribution in [0.3, 0.4) is 0 Å². The summed E-state index contributed by atoms with van der Waals surface area (Å²) in [4.78, 5) is 23.0. The molecule has 2 rings (SSSR count). The third kappa shape index (κ3) is 3.81.